The third kappa shape index (κ3) is 4.17. The maximum Gasteiger partial charge on any atom is 0.273 e. The second-order valence-corrected chi connectivity index (χ2v) is 5.74. The third-order valence-electron chi connectivity index (χ3n) is 3.31. The molecule has 112 valence electrons. The maximum atomic E-state index is 12.3. The number of anilines is 1. The fourth-order valence-electron chi connectivity index (χ4n) is 2.18. The highest BCUT2D eigenvalue weighted by Crippen LogP contribution is 2.14. The fraction of sp³-hybridized carbons (Fsp3) is 0.375. The lowest BCUT2D eigenvalue weighted by atomic mass is 10.1. The van der Waals surface area contributed by atoms with Gasteiger partial charge in [-0.3, -0.25) is 9.48 Å². The van der Waals surface area contributed by atoms with Crippen LogP contribution in [0.5, 0.6) is 0 Å². The average molecular weight is 350 g/mol. The Bertz CT molecular complexity index is 622. The van der Waals surface area contributed by atoms with Gasteiger partial charge in [0.15, 0.2) is 0 Å². The van der Waals surface area contributed by atoms with E-state index in [4.69, 9.17) is 0 Å². The lowest BCUT2D eigenvalue weighted by Gasteiger charge is -2.07. The summed E-state index contributed by atoms with van der Waals surface area (Å²) in [4.78, 5) is 12.3. The first-order valence-electron chi connectivity index (χ1n) is 7.13. The molecule has 2 rings (SSSR count). The molecule has 0 aliphatic rings. The highest BCUT2D eigenvalue weighted by molar-refractivity contribution is 9.09. The van der Waals surface area contributed by atoms with Gasteiger partial charge in [-0.05, 0) is 43.0 Å². The lowest BCUT2D eigenvalue weighted by Crippen LogP contribution is -2.16. The molecule has 0 saturated heterocycles. The largest absolute Gasteiger partial charge is 0.321 e. The SMILES string of the molecule is CCc1cc(C(=O)Nc2cccc(CCCBr)c2)n(C)n1. The van der Waals surface area contributed by atoms with E-state index in [1.54, 1.807) is 11.7 Å². The van der Waals surface area contributed by atoms with Crippen molar-refractivity contribution >= 4 is 27.5 Å². The van der Waals surface area contributed by atoms with Gasteiger partial charge >= 0.3 is 0 Å². The predicted molar refractivity (Wildman–Crippen MR) is 89.1 cm³/mol. The molecule has 0 aliphatic heterocycles. The van der Waals surface area contributed by atoms with E-state index < -0.39 is 0 Å². The molecule has 0 spiro atoms. The van der Waals surface area contributed by atoms with Gasteiger partial charge in [-0.2, -0.15) is 5.10 Å². The number of hydrogen-bond donors (Lipinski definition) is 1. The molecule has 1 amide bonds. The van der Waals surface area contributed by atoms with Crippen LogP contribution >= 0.6 is 15.9 Å². The molecule has 5 heteroatoms. The first kappa shape index (κ1) is 15.8. The van der Waals surface area contributed by atoms with E-state index in [1.165, 1.54) is 5.56 Å². The summed E-state index contributed by atoms with van der Waals surface area (Å²) in [5.41, 5.74) is 3.56. The van der Waals surface area contributed by atoms with Gasteiger partial charge in [-0.25, -0.2) is 0 Å². The number of nitrogens with one attached hydrogen (secondary N) is 1. The van der Waals surface area contributed by atoms with E-state index in [0.717, 1.165) is 36.0 Å². The Morgan fingerprint density at radius 2 is 2.19 bits per heavy atom. The molecule has 1 heterocycles. The van der Waals surface area contributed by atoms with Crippen LogP contribution in [-0.2, 0) is 19.9 Å². The van der Waals surface area contributed by atoms with Crippen molar-refractivity contribution in [1.82, 2.24) is 9.78 Å². The smallest absolute Gasteiger partial charge is 0.273 e. The number of aryl methyl sites for hydroxylation is 3. The van der Waals surface area contributed by atoms with Gasteiger partial charge in [0, 0.05) is 18.1 Å². The minimum absolute atomic E-state index is 0.123. The number of halogens is 1. The van der Waals surface area contributed by atoms with Crippen molar-refractivity contribution in [2.24, 2.45) is 7.05 Å². The third-order valence-corrected chi connectivity index (χ3v) is 3.87. The number of aromatic nitrogens is 2. The molecule has 1 aromatic carbocycles. The average Bonchev–Trinajstić information content (AvgIpc) is 2.87. The Labute approximate surface area is 133 Å². The van der Waals surface area contributed by atoms with Crippen LogP contribution in [0, 0.1) is 0 Å². The van der Waals surface area contributed by atoms with Crippen LogP contribution in [0.1, 0.15) is 35.1 Å². The molecule has 4 nitrogen and oxygen atoms in total. The normalized spacial score (nSPS) is 10.6. The summed E-state index contributed by atoms with van der Waals surface area (Å²) in [6, 6.07) is 9.83. The summed E-state index contributed by atoms with van der Waals surface area (Å²) in [6.45, 7) is 2.03. The molecule has 21 heavy (non-hydrogen) atoms. The molecule has 0 unspecified atom stereocenters. The van der Waals surface area contributed by atoms with E-state index in [1.807, 2.05) is 31.2 Å². The van der Waals surface area contributed by atoms with Crippen LogP contribution in [0.25, 0.3) is 0 Å². The topological polar surface area (TPSA) is 46.9 Å². The Morgan fingerprint density at radius 1 is 1.38 bits per heavy atom. The number of rotatable bonds is 6. The molecule has 0 atom stereocenters. The molecular formula is C16H20BrN3O. The molecule has 1 aromatic heterocycles. The Morgan fingerprint density at radius 3 is 2.86 bits per heavy atom. The van der Waals surface area contributed by atoms with Crippen LogP contribution in [0.4, 0.5) is 5.69 Å². The van der Waals surface area contributed by atoms with Gasteiger partial charge in [0.1, 0.15) is 5.69 Å². The molecule has 2 aromatic rings. The van der Waals surface area contributed by atoms with Crippen molar-refractivity contribution in [3.05, 3.63) is 47.3 Å². The highest BCUT2D eigenvalue weighted by Gasteiger charge is 2.12. The molecule has 0 saturated carbocycles. The zero-order valence-corrected chi connectivity index (χ0v) is 14.0. The van der Waals surface area contributed by atoms with Crippen molar-refractivity contribution < 1.29 is 4.79 Å². The van der Waals surface area contributed by atoms with Crippen LogP contribution in [0.3, 0.4) is 0 Å². The molecule has 0 radical (unpaired) electrons. The zero-order chi connectivity index (χ0) is 15.2. The number of amides is 1. The summed E-state index contributed by atoms with van der Waals surface area (Å²) in [5, 5.41) is 8.23. The maximum absolute atomic E-state index is 12.3. The Balaban J connectivity index is 2.10. The van der Waals surface area contributed by atoms with E-state index in [9.17, 15) is 4.79 Å². The number of carbonyl (C=O) groups excluding carboxylic acids is 1. The number of alkyl halides is 1. The first-order chi connectivity index (χ1) is 10.1. The van der Waals surface area contributed by atoms with Crippen LogP contribution in [-0.4, -0.2) is 21.0 Å². The van der Waals surface area contributed by atoms with Crippen molar-refractivity contribution in [3.63, 3.8) is 0 Å². The van der Waals surface area contributed by atoms with E-state index in [2.05, 4.69) is 32.4 Å². The summed E-state index contributed by atoms with van der Waals surface area (Å²) >= 11 is 3.43. The second-order valence-electron chi connectivity index (χ2n) is 4.95. The summed E-state index contributed by atoms with van der Waals surface area (Å²) in [7, 11) is 1.79. The number of carbonyl (C=O) groups is 1. The molecular weight excluding hydrogens is 330 g/mol. The minimum Gasteiger partial charge on any atom is -0.321 e. The van der Waals surface area contributed by atoms with Gasteiger partial charge in [0.25, 0.3) is 5.91 Å². The summed E-state index contributed by atoms with van der Waals surface area (Å²) in [6.07, 6.45) is 2.91. The van der Waals surface area contributed by atoms with E-state index in [0.29, 0.717) is 5.69 Å². The summed E-state index contributed by atoms with van der Waals surface area (Å²) in [5.74, 6) is -0.123. The zero-order valence-electron chi connectivity index (χ0n) is 12.4. The molecule has 0 bridgehead atoms. The summed E-state index contributed by atoms with van der Waals surface area (Å²) < 4.78 is 1.63. The molecule has 0 fully saturated rings. The Hall–Kier alpha value is -1.62. The monoisotopic (exact) mass is 349 g/mol. The van der Waals surface area contributed by atoms with Crippen molar-refractivity contribution in [1.29, 1.82) is 0 Å². The first-order valence-corrected chi connectivity index (χ1v) is 8.25. The van der Waals surface area contributed by atoms with Gasteiger partial charge in [0.05, 0.1) is 5.69 Å². The predicted octanol–water partition coefficient (Wildman–Crippen LogP) is 3.56. The number of hydrogen-bond acceptors (Lipinski definition) is 2. The van der Waals surface area contributed by atoms with E-state index >= 15 is 0 Å². The van der Waals surface area contributed by atoms with Crippen LogP contribution in [0.15, 0.2) is 30.3 Å². The lowest BCUT2D eigenvalue weighted by molar-refractivity contribution is 0.101. The highest BCUT2D eigenvalue weighted by atomic mass is 79.9. The van der Waals surface area contributed by atoms with Crippen molar-refractivity contribution in [2.45, 2.75) is 26.2 Å². The van der Waals surface area contributed by atoms with E-state index in [-0.39, 0.29) is 5.91 Å². The molecule has 0 aliphatic carbocycles. The minimum atomic E-state index is -0.123. The second kappa shape index (κ2) is 7.41. The van der Waals surface area contributed by atoms with Gasteiger partial charge < -0.3 is 5.32 Å². The van der Waals surface area contributed by atoms with Gasteiger partial charge in [0.2, 0.25) is 0 Å². The quantitative estimate of drug-likeness (QED) is 0.810. The van der Waals surface area contributed by atoms with Crippen molar-refractivity contribution in [3.8, 4) is 0 Å². The van der Waals surface area contributed by atoms with Crippen LogP contribution in [0.2, 0.25) is 0 Å². The van der Waals surface area contributed by atoms with Gasteiger partial charge in [-0.1, -0.05) is 35.0 Å². The fourth-order valence-corrected chi connectivity index (χ4v) is 2.46. The van der Waals surface area contributed by atoms with Crippen LogP contribution < -0.4 is 5.32 Å². The Kier molecular flexibility index (Phi) is 5.56. The number of benzene rings is 1. The molecule has 1 N–H and O–H groups in total. The van der Waals surface area contributed by atoms with Gasteiger partial charge in [-0.15, -0.1) is 0 Å². The van der Waals surface area contributed by atoms with Crippen molar-refractivity contribution in [2.75, 3.05) is 10.6 Å². The number of nitrogens with zero attached hydrogens (tertiary/aromatic N) is 2. The standard InChI is InChI=1S/C16H20BrN3O/c1-3-13-11-15(20(2)19-13)16(21)18-14-8-4-6-12(10-14)7-5-9-17/h4,6,8,10-11H,3,5,7,9H2,1-2H3,(H,18,21).